The van der Waals surface area contributed by atoms with E-state index in [0.29, 0.717) is 53.9 Å². The van der Waals surface area contributed by atoms with Crippen molar-refractivity contribution >= 4 is 39.9 Å². The molecule has 52 heavy (non-hydrogen) atoms. The highest BCUT2D eigenvalue weighted by atomic mass is 35.5. The number of alkyl halides is 3. The van der Waals surface area contributed by atoms with Gasteiger partial charge in [0.05, 0.1) is 5.54 Å². The summed E-state index contributed by atoms with van der Waals surface area (Å²) in [5, 5.41) is 9.57. The SMILES string of the molecule is NC1(C(=O)CCCCn2cc(-c3ccc(OC(F)(F)F)cc3)c3cc(CC4CC5CN(Cc6c(Cl)cccc6Cl)CC(C4)N5)ccc32)CCNCC1. The van der Waals surface area contributed by atoms with Crippen molar-refractivity contribution in [1.29, 1.82) is 0 Å². The Kier molecular flexibility index (Phi) is 11.2. The topological polar surface area (TPSA) is 84.5 Å². The quantitative estimate of drug-likeness (QED) is 0.127. The number of Topliss-reactive ketones (excluding diaryl/α,β-unsaturated/α-hetero) is 1. The standard InChI is InChI=1S/C40H46Cl2F3N5O2/c41-35-4-3-5-36(42)34(35)24-49-22-29-19-27(20-30(23-49)48-29)18-26-7-12-37-32(21-26)33(28-8-10-31(11-9-28)52-40(43,44)45)25-50(37)17-2-1-6-38(51)39(46)13-15-47-16-14-39/h3-5,7-12,21,25,27,29-30,47-48H,1-2,6,13-20,22-24,46H2. The van der Waals surface area contributed by atoms with Crippen molar-refractivity contribution in [2.45, 2.75) is 88.4 Å². The van der Waals surface area contributed by atoms with Gasteiger partial charge in [0.1, 0.15) is 5.75 Å². The zero-order valence-corrected chi connectivity index (χ0v) is 30.7. The lowest BCUT2D eigenvalue weighted by Gasteiger charge is -2.45. The van der Waals surface area contributed by atoms with Crippen LogP contribution in [0.15, 0.2) is 66.9 Å². The molecule has 3 saturated heterocycles. The number of hydrogen-bond acceptors (Lipinski definition) is 6. The van der Waals surface area contributed by atoms with Crippen LogP contribution in [0.2, 0.25) is 10.0 Å². The van der Waals surface area contributed by atoms with E-state index < -0.39 is 11.9 Å². The summed E-state index contributed by atoms with van der Waals surface area (Å²) in [5.41, 5.74) is 10.8. The molecule has 3 aliphatic heterocycles. The van der Waals surface area contributed by atoms with E-state index in [1.165, 1.54) is 17.7 Å². The zero-order chi connectivity index (χ0) is 36.5. The first-order valence-electron chi connectivity index (χ1n) is 18.3. The van der Waals surface area contributed by atoms with Crippen LogP contribution in [0.4, 0.5) is 13.2 Å². The summed E-state index contributed by atoms with van der Waals surface area (Å²) in [6, 6.07) is 19.2. The number of nitrogens with two attached hydrogens (primary N) is 1. The number of fused-ring (bicyclic) bond motifs is 3. The van der Waals surface area contributed by atoms with Gasteiger partial charge in [-0.3, -0.25) is 9.69 Å². The van der Waals surface area contributed by atoms with Crippen LogP contribution in [0.1, 0.15) is 56.1 Å². The fourth-order valence-electron chi connectivity index (χ4n) is 8.55. The van der Waals surface area contributed by atoms with Gasteiger partial charge >= 0.3 is 6.36 Å². The number of rotatable bonds is 12. The fraction of sp³-hybridized carbons (Fsp3) is 0.475. The molecule has 0 radical (unpaired) electrons. The predicted molar refractivity (Wildman–Crippen MR) is 201 cm³/mol. The maximum atomic E-state index is 13.0. The molecule has 2 atom stereocenters. The van der Waals surface area contributed by atoms with Crippen molar-refractivity contribution in [1.82, 2.24) is 20.1 Å². The summed E-state index contributed by atoms with van der Waals surface area (Å²) in [4.78, 5) is 15.4. The van der Waals surface area contributed by atoms with E-state index in [0.717, 1.165) is 92.4 Å². The van der Waals surface area contributed by atoms with Gasteiger partial charge < -0.3 is 25.7 Å². The van der Waals surface area contributed by atoms with E-state index in [2.05, 4.69) is 49.2 Å². The molecule has 0 saturated carbocycles. The predicted octanol–water partition coefficient (Wildman–Crippen LogP) is 8.13. The van der Waals surface area contributed by atoms with E-state index in [9.17, 15) is 18.0 Å². The molecule has 0 aliphatic carbocycles. The molecule has 7 nitrogen and oxygen atoms in total. The number of ether oxygens (including phenoxy) is 1. The molecule has 0 spiro atoms. The molecule has 3 aliphatic rings. The highest BCUT2D eigenvalue weighted by Gasteiger charge is 2.36. The second-order valence-electron chi connectivity index (χ2n) is 14.9. The van der Waals surface area contributed by atoms with Crippen LogP contribution in [0.3, 0.4) is 0 Å². The molecule has 4 heterocycles. The minimum absolute atomic E-state index is 0.137. The number of aryl methyl sites for hydroxylation is 1. The first-order chi connectivity index (χ1) is 24.9. The highest BCUT2D eigenvalue weighted by molar-refractivity contribution is 6.36. The van der Waals surface area contributed by atoms with Crippen molar-refractivity contribution in [3.8, 4) is 16.9 Å². The van der Waals surface area contributed by atoms with Gasteiger partial charge in [-0.1, -0.05) is 47.5 Å². The summed E-state index contributed by atoms with van der Waals surface area (Å²) >= 11 is 13.0. The third-order valence-corrected chi connectivity index (χ3v) is 11.8. The maximum Gasteiger partial charge on any atom is 0.573 e. The van der Waals surface area contributed by atoms with Crippen molar-refractivity contribution in [2.75, 3.05) is 26.2 Å². The molecule has 3 aromatic carbocycles. The molecule has 0 amide bonds. The lowest BCUT2D eigenvalue weighted by molar-refractivity contribution is -0.274. The van der Waals surface area contributed by atoms with Crippen LogP contribution in [-0.4, -0.2) is 65.4 Å². The third kappa shape index (κ3) is 8.80. The number of ketones is 1. The maximum absolute atomic E-state index is 13.0. The van der Waals surface area contributed by atoms with Gasteiger partial charge in [-0.25, -0.2) is 0 Å². The smallest absolute Gasteiger partial charge is 0.406 e. The molecule has 278 valence electrons. The minimum Gasteiger partial charge on any atom is -0.406 e. The fourth-order valence-corrected chi connectivity index (χ4v) is 9.07. The van der Waals surface area contributed by atoms with Crippen molar-refractivity contribution < 1.29 is 22.7 Å². The Morgan fingerprint density at radius 1 is 0.962 bits per heavy atom. The number of halogens is 5. The van der Waals surface area contributed by atoms with Crippen molar-refractivity contribution in [2.24, 2.45) is 11.7 Å². The number of likely N-dealkylation sites (tertiary alicyclic amines) is 1. The molecular formula is C40H46Cl2F3N5O2. The molecule has 4 aromatic rings. The van der Waals surface area contributed by atoms with Crippen molar-refractivity contribution in [3.05, 3.63) is 88.0 Å². The van der Waals surface area contributed by atoms with E-state index in [1.807, 2.05) is 18.2 Å². The average Bonchev–Trinajstić information content (AvgIpc) is 3.45. The van der Waals surface area contributed by atoms with E-state index >= 15 is 0 Å². The summed E-state index contributed by atoms with van der Waals surface area (Å²) in [7, 11) is 0. The lowest BCUT2D eigenvalue weighted by atomic mass is 9.81. The van der Waals surface area contributed by atoms with Crippen LogP contribution in [0, 0.1) is 5.92 Å². The Morgan fingerprint density at radius 2 is 1.65 bits per heavy atom. The van der Waals surface area contributed by atoms with E-state index in [4.69, 9.17) is 28.9 Å². The summed E-state index contributed by atoms with van der Waals surface area (Å²) in [6.07, 6.45) is 3.75. The van der Waals surface area contributed by atoms with Gasteiger partial charge in [0.2, 0.25) is 0 Å². The van der Waals surface area contributed by atoms with E-state index in [-0.39, 0.29) is 11.5 Å². The molecule has 2 bridgehead atoms. The number of aromatic nitrogens is 1. The summed E-state index contributed by atoms with van der Waals surface area (Å²) in [5.74, 6) is 0.409. The number of nitrogens with zero attached hydrogens (tertiary/aromatic N) is 2. The van der Waals surface area contributed by atoms with Crippen LogP contribution in [0.25, 0.3) is 22.0 Å². The zero-order valence-electron chi connectivity index (χ0n) is 29.2. The number of unbranched alkanes of at least 4 members (excludes halogenated alkanes) is 1. The van der Waals surface area contributed by atoms with Gasteiger partial charge in [-0.15, -0.1) is 13.2 Å². The minimum atomic E-state index is -4.75. The Balaban J connectivity index is 1.05. The van der Waals surface area contributed by atoms with Gasteiger partial charge in [0.25, 0.3) is 0 Å². The van der Waals surface area contributed by atoms with E-state index in [1.54, 1.807) is 12.1 Å². The first-order valence-corrected chi connectivity index (χ1v) is 19.1. The Labute approximate surface area is 313 Å². The van der Waals surface area contributed by atoms with Crippen LogP contribution < -0.4 is 21.1 Å². The number of carbonyl (C=O) groups excluding carboxylic acids is 1. The second-order valence-corrected chi connectivity index (χ2v) is 15.8. The van der Waals surface area contributed by atoms with Crippen LogP contribution in [0.5, 0.6) is 5.75 Å². The third-order valence-electron chi connectivity index (χ3n) is 11.1. The first kappa shape index (κ1) is 37.2. The Bertz CT molecular complexity index is 1840. The number of piperidine rings is 2. The number of carbonyl (C=O) groups is 1. The highest BCUT2D eigenvalue weighted by Crippen LogP contribution is 2.36. The van der Waals surface area contributed by atoms with Gasteiger partial charge in [0, 0.05) is 83.0 Å². The number of hydrogen-bond donors (Lipinski definition) is 3. The van der Waals surface area contributed by atoms with Crippen LogP contribution in [-0.2, 0) is 24.3 Å². The van der Waals surface area contributed by atoms with Gasteiger partial charge in [-0.2, -0.15) is 0 Å². The monoisotopic (exact) mass is 755 g/mol. The molecule has 3 fully saturated rings. The largest absolute Gasteiger partial charge is 0.573 e. The number of benzene rings is 3. The average molecular weight is 757 g/mol. The molecule has 7 rings (SSSR count). The molecule has 12 heteroatoms. The second kappa shape index (κ2) is 15.7. The normalized spacial score (nSPS) is 22.1. The molecular weight excluding hydrogens is 710 g/mol. The summed E-state index contributed by atoms with van der Waals surface area (Å²) < 4.78 is 45.0. The van der Waals surface area contributed by atoms with Crippen molar-refractivity contribution in [3.63, 3.8) is 0 Å². The number of piperazine rings is 1. The van der Waals surface area contributed by atoms with Gasteiger partial charge in [0.15, 0.2) is 5.78 Å². The summed E-state index contributed by atoms with van der Waals surface area (Å²) in [6.45, 7) is 4.85. The molecule has 4 N–H and O–H groups in total. The Morgan fingerprint density at radius 3 is 2.33 bits per heavy atom. The molecule has 2 unspecified atom stereocenters. The lowest BCUT2D eigenvalue weighted by Crippen LogP contribution is -2.60. The van der Waals surface area contributed by atoms with Crippen LogP contribution >= 0.6 is 23.2 Å². The number of nitrogens with one attached hydrogen (secondary N) is 2. The molecule has 1 aromatic heterocycles. The Hall–Kier alpha value is -3.12. The van der Waals surface area contributed by atoms with Gasteiger partial charge in [-0.05, 0) is 111 Å².